The smallest absolute Gasteiger partial charge is 0.271 e. The number of thioether (sulfide) groups is 1. The Morgan fingerprint density at radius 1 is 1.08 bits per heavy atom. The molecule has 0 amide bonds. The van der Waals surface area contributed by atoms with E-state index in [4.69, 9.17) is 0 Å². The number of nitro benzene ring substituents is 1. The van der Waals surface area contributed by atoms with Crippen LogP contribution in [0, 0.1) is 10.1 Å². The molecule has 1 N–H and O–H groups in total. The summed E-state index contributed by atoms with van der Waals surface area (Å²) in [5.41, 5.74) is 2.73. The van der Waals surface area contributed by atoms with E-state index in [1.54, 1.807) is 17.8 Å². The summed E-state index contributed by atoms with van der Waals surface area (Å²) in [6, 6.07) is 19.2. The maximum absolute atomic E-state index is 10.9. The lowest BCUT2D eigenvalue weighted by molar-refractivity contribution is -0.384. The first kappa shape index (κ1) is 14.7. The molecule has 6 heteroatoms. The Morgan fingerprint density at radius 3 is 2.79 bits per heavy atom. The number of nitrogens with zero attached hydrogens (tertiary/aromatic N) is 2. The van der Waals surface area contributed by atoms with Gasteiger partial charge in [0.2, 0.25) is 0 Å². The summed E-state index contributed by atoms with van der Waals surface area (Å²) >= 11 is 1.59. The average molecular weight is 335 g/mol. The van der Waals surface area contributed by atoms with E-state index < -0.39 is 4.92 Å². The molecule has 0 saturated heterocycles. The lowest BCUT2D eigenvalue weighted by Gasteiger charge is -2.04. The zero-order valence-corrected chi connectivity index (χ0v) is 13.4. The molecule has 0 aliphatic heterocycles. The van der Waals surface area contributed by atoms with Crippen molar-refractivity contribution in [3.8, 4) is 0 Å². The number of rotatable bonds is 4. The first-order valence-corrected chi connectivity index (χ1v) is 8.43. The molecular formula is C18H13N3O2S. The van der Waals surface area contributed by atoms with Gasteiger partial charge in [-0.15, -0.1) is 0 Å². The highest BCUT2D eigenvalue weighted by Crippen LogP contribution is 2.28. The van der Waals surface area contributed by atoms with Gasteiger partial charge in [-0.3, -0.25) is 10.1 Å². The van der Waals surface area contributed by atoms with E-state index in [2.05, 4.69) is 40.3 Å². The van der Waals surface area contributed by atoms with Crippen molar-refractivity contribution in [3.63, 3.8) is 0 Å². The van der Waals surface area contributed by atoms with Crippen molar-refractivity contribution in [1.29, 1.82) is 0 Å². The molecule has 0 radical (unpaired) electrons. The molecule has 0 aliphatic carbocycles. The molecule has 0 saturated carbocycles. The van der Waals surface area contributed by atoms with E-state index in [0.29, 0.717) is 5.52 Å². The highest BCUT2D eigenvalue weighted by Gasteiger charge is 2.10. The third kappa shape index (κ3) is 2.72. The van der Waals surface area contributed by atoms with Gasteiger partial charge in [-0.05, 0) is 22.4 Å². The molecule has 0 spiro atoms. The zero-order chi connectivity index (χ0) is 16.5. The van der Waals surface area contributed by atoms with Gasteiger partial charge < -0.3 is 4.98 Å². The lowest BCUT2D eigenvalue weighted by Crippen LogP contribution is -1.86. The third-order valence-electron chi connectivity index (χ3n) is 3.90. The molecule has 1 aromatic heterocycles. The number of aromatic amines is 1. The van der Waals surface area contributed by atoms with Gasteiger partial charge >= 0.3 is 0 Å². The minimum atomic E-state index is -0.400. The van der Waals surface area contributed by atoms with Crippen molar-refractivity contribution in [2.24, 2.45) is 0 Å². The standard InChI is InChI=1S/C18H13N3O2S/c22-21(23)14-8-9-16-17(10-14)20-18(19-16)24-11-13-6-3-5-12-4-1-2-7-15(12)13/h1-10H,11H2,(H,19,20). The molecular weight excluding hydrogens is 322 g/mol. The van der Waals surface area contributed by atoms with Crippen molar-refractivity contribution in [2.45, 2.75) is 10.9 Å². The highest BCUT2D eigenvalue weighted by molar-refractivity contribution is 7.98. The molecule has 5 nitrogen and oxygen atoms in total. The summed E-state index contributed by atoms with van der Waals surface area (Å²) in [7, 11) is 0. The number of benzene rings is 3. The van der Waals surface area contributed by atoms with Gasteiger partial charge in [-0.1, -0.05) is 54.2 Å². The number of hydrogen-bond donors (Lipinski definition) is 1. The van der Waals surface area contributed by atoms with Crippen molar-refractivity contribution < 1.29 is 4.92 Å². The van der Waals surface area contributed by atoms with Crippen LogP contribution in [0.3, 0.4) is 0 Å². The lowest BCUT2D eigenvalue weighted by atomic mass is 10.1. The Labute approximate surface area is 141 Å². The summed E-state index contributed by atoms with van der Waals surface area (Å²) in [6.45, 7) is 0. The van der Waals surface area contributed by atoms with E-state index >= 15 is 0 Å². The number of nitrogens with one attached hydrogen (secondary N) is 1. The van der Waals surface area contributed by atoms with Crippen molar-refractivity contribution in [3.05, 3.63) is 76.3 Å². The minimum absolute atomic E-state index is 0.0664. The Kier molecular flexibility index (Phi) is 3.66. The maximum atomic E-state index is 10.9. The fourth-order valence-corrected chi connectivity index (χ4v) is 3.61. The number of aromatic nitrogens is 2. The van der Waals surface area contributed by atoms with Gasteiger partial charge in [0.15, 0.2) is 5.16 Å². The molecule has 3 aromatic carbocycles. The SMILES string of the molecule is O=[N+]([O-])c1ccc2nc(SCc3cccc4ccccc34)[nH]c2c1. The third-order valence-corrected chi connectivity index (χ3v) is 4.82. The van der Waals surface area contributed by atoms with Crippen LogP contribution >= 0.6 is 11.8 Å². The van der Waals surface area contributed by atoms with Crippen LogP contribution in [0.15, 0.2) is 65.8 Å². The number of imidazole rings is 1. The fourth-order valence-electron chi connectivity index (χ4n) is 2.72. The summed E-state index contributed by atoms with van der Waals surface area (Å²) in [5, 5.41) is 14.1. The zero-order valence-electron chi connectivity index (χ0n) is 12.6. The molecule has 24 heavy (non-hydrogen) atoms. The first-order valence-electron chi connectivity index (χ1n) is 7.44. The second-order valence-corrected chi connectivity index (χ2v) is 6.39. The van der Waals surface area contributed by atoms with Crippen LogP contribution in [-0.2, 0) is 5.75 Å². The van der Waals surface area contributed by atoms with Crippen LogP contribution in [0.25, 0.3) is 21.8 Å². The average Bonchev–Trinajstić information content (AvgIpc) is 3.01. The second-order valence-electron chi connectivity index (χ2n) is 5.43. The summed E-state index contributed by atoms with van der Waals surface area (Å²) in [4.78, 5) is 18.1. The largest absolute Gasteiger partial charge is 0.333 e. The minimum Gasteiger partial charge on any atom is -0.333 e. The van der Waals surface area contributed by atoms with Crippen LogP contribution in [0.5, 0.6) is 0 Å². The van der Waals surface area contributed by atoms with Crippen molar-refractivity contribution >= 4 is 39.3 Å². The molecule has 0 aliphatic rings. The van der Waals surface area contributed by atoms with E-state index in [1.807, 2.05) is 12.1 Å². The molecule has 1 heterocycles. The Hall–Kier alpha value is -2.86. The summed E-state index contributed by atoms with van der Waals surface area (Å²) in [6.07, 6.45) is 0. The fraction of sp³-hybridized carbons (Fsp3) is 0.0556. The van der Waals surface area contributed by atoms with Gasteiger partial charge in [-0.25, -0.2) is 4.98 Å². The van der Waals surface area contributed by atoms with Crippen LogP contribution < -0.4 is 0 Å². The number of fused-ring (bicyclic) bond motifs is 2. The summed E-state index contributed by atoms with van der Waals surface area (Å²) in [5.74, 6) is 0.781. The molecule has 0 atom stereocenters. The first-order chi connectivity index (χ1) is 11.7. The predicted molar refractivity (Wildman–Crippen MR) is 96.3 cm³/mol. The van der Waals surface area contributed by atoms with Gasteiger partial charge in [0.25, 0.3) is 5.69 Å². The van der Waals surface area contributed by atoms with E-state index in [0.717, 1.165) is 16.4 Å². The molecule has 0 bridgehead atoms. The Balaban J connectivity index is 1.61. The Bertz CT molecular complexity index is 1050. The molecule has 0 fully saturated rings. The van der Waals surface area contributed by atoms with Crippen LogP contribution in [0.4, 0.5) is 5.69 Å². The number of hydrogen-bond acceptors (Lipinski definition) is 4. The highest BCUT2D eigenvalue weighted by atomic mass is 32.2. The van der Waals surface area contributed by atoms with Crippen molar-refractivity contribution in [1.82, 2.24) is 9.97 Å². The van der Waals surface area contributed by atoms with Crippen LogP contribution in [0.2, 0.25) is 0 Å². The van der Waals surface area contributed by atoms with Gasteiger partial charge in [-0.2, -0.15) is 0 Å². The monoisotopic (exact) mass is 335 g/mol. The molecule has 4 aromatic rings. The maximum Gasteiger partial charge on any atom is 0.271 e. The quantitative estimate of drug-likeness (QED) is 0.326. The van der Waals surface area contributed by atoms with Crippen LogP contribution in [0.1, 0.15) is 5.56 Å². The van der Waals surface area contributed by atoms with Gasteiger partial charge in [0.05, 0.1) is 16.0 Å². The van der Waals surface area contributed by atoms with Gasteiger partial charge in [0, 0.05) is 17.9 Å². The topological polar surface area (TPSA) is 71.8 Å². The number of non-ortho nitro benzene ring substituents is 1. The molecule has 118 valence electrons. The Morgan fingerprint density at radius 2 is 1.92 bits per heavy atom. The molecule has 4 rings (SSSR count). The van der Waals surface area contributed by atoms with E-state index in [1.165, 1.54) is 28.5 Å². The predicted octanol–water partition coefficient (Wildman–Crippen LogP) is 4.92. The van der Waals surface area contributed by atoms with E-state index in [9.17, 15) is 10.1 Å². The summed E-state index contributed by atoms with van der Waals surface area (Å²) < 4.78 is 0. The number of nitro groups is 1. The van der Waals surface area contributed by atoms with Crippen molar-refractivity contribution in [2.75, 3.05) is 0 Å². The van der Waals surface area contributed by atoms with Crippen LogP contribution in [-0.4, -0.2) is 14.9 Å². The normalized spacial score (nSPS) is 11.2. The van der Waals surface area contributed by atoms with E-state index in [-0.39, 0.29) is 5.69 Å². The molecule has 0 unspecified atom stereocenters. The number of H-pyrrole nitrogens is 1. The second kappa shape index (κ2) is 5.98. The van der Waals surface area contributed by atoms with Gasteiger partial charge in [0.1, 0.15) is 0 Å².